The molecule has 1 heterocycles. The van der Waals surface area contributed by atoms with Crippen LogP contribution in [-0.2, 0) is 4.74 Å². The highest BCUT2D eigenvalue weighted by Crippen LogP contribution is 2.08. The van der Waals surface area contributed by atoms with Crippen LogP contribution in [0.4, 0.5) is 4.79 Å². The molecule has 2 atom stereocenters. The van der Waals surface area contributed by atoms with Crippen LogP contribution in [0.15, 0.2) is 12.7 Å². The molecular formula is C7H11NO2. The highest BCUT2D eigenvalue weighted by Gasteiger charge is 2.21. The van der Waals surface area contributed by atoms with Gasteiger partial charge < -0.3 is 10.1 Å². The molecule has 1 rings (SSSR count). The first-order chi connectivity index (χ1) is 4.72. The molecular weight excluding hydrogens is 130 g/mol. The van der Waals surface area contributed by atoms with E-state index in [1.807, 2.05) is 6.92 Å². The van der Waals surface area contributed by atoms with Gasteiger partial charge in [-0.2, -0.15) is 0 Å². The van der Waals surface area contributed by atoms with Gasteiger partial charge in [-0.05, 0) is 6.92 Å². The molecule has 1 N–H and O–H groups in total. The predicted octanol–water partition coefficient (Wildman–Crippen LogP) is 1.06. The summed E-state index contributed by atoms with van der Waals surface area (Å²) in [5.74, 6) is 0. The molecule has 56 valence electrons. The molecule has 0 bridgehead atoms. The van der Waals surface area contributed by atoms with Gasteiger partial charge >= 0.3 is 6.09 Å². The van der Waals surface area contributed by atoms with Gasteiger partial charge in [-0.15, -0.1) is 6.58 Å². The van der Waals surface area contributed by atoms with Crippen LogP contribution in [0.3, 0.4) is 0 Å². The van der Waals surface area contributed by atoms with Crippen LogP contribution in [-0.4, -0.2) is 18.2 Å². The van der Waals surface area contributed by atoms with Crippen LogP contribution in [0, 0.1) is 0 Å². The highest BCUT2D eigenvalue weighted by molar-refractivity contribution is 5.68. The molecule has 2 unspecified atom stereocenters. The number of hydrogen-bond acceptors (Lipinski definition) is 2. The van der Waals surface area contributed by atoms with Crippen LogP contribution in [0.5, 0.6) is 0 Å². The standard InChI is InChI=1S/C7H11NO2/c1-3-6-4-5(2)10-7(9)8-6/h3,5-6H,1,4H2,2H3,(H,8,9). The van der Waals surface area contributed by atoms with E-state index in [-0.39, 0.29) is 18.2 Å². The number of carbonyl (C=O) groups is 1. The maximum atomic E-state index is 10.7. The van der Waals surface area contributed by atoms with E-state index in [4.69, 9.17) is 4.74 Å². The Hall–Kier alpha value is -0.990. The Bertz CT molecular complexity index is 156. The number of cyclic esters (lactones) is 1. The zero-order valence-corrected chi connectivity index (χ0v) is 5.96. The summed E-state index contributed by atoms with van der Waals surface area (Å²) in [7, 11) is 0. The second-order valence-electron chi connectivity index (χ2n) is 2.44. The Labute approximate surface area is 60.1 Å². The van der Waals surface area contributed by atoms with Gasteiger partial charge in [0, 0.05) is 6.42 Å². The lowest BCUT2D eigenvalue weighted by molar-refractivity contribution is 0.0752. The van der Waals surface area contributed by atoms with E-state index in [9.17, 15) is 4.79 Å². The van der Waals surface area contributed by atoms with Gasteiger partial charge in [0.2, 0.25) is 0 Å². The summed E-state index contributed by atoms with van der Waals surface area (Å²) in [5.41, 5.74) is 0. The fourth-order valence-corrected chi connectivity index (χ4v) is 0.988. The third-order valence-corrected chi connectivity index (χ3v) is 1.48. The second kappa shape index (κ2) is 2.73. The Morgan fingerprint density at radius 2 is 2.60 bits per heavy atom. The first kappa shape index (κ1) is 7.12. The summed E-state index contributed by atoms with van der Waals surface area (Å²) < 4.78 is 4.82. The first-order valence-electron chi connectivity index (χ1n) is 3.32. The van der Waals surface area contributed by atoms with Crippen molar-refractivity contribution in [1.29, 1.82) is 0 Å². The van der Waals surface area contributed by atoms with E-state index >= 15 is 0 Å². The lowest BCUT2D eigenvalue weighted by Gasteiger charge is -2.25. The average Bonchev–Trinajstić information content (AvgIpc) is 1.85. The zero-order chi connectivity index (χ0) is 7.56. The van der Waals surface area contributed by atoms with Crippen molar-refractivity contribution in [3.63, 3.8) is 0 Å². The SMILES string of the molecule is C=CC1CC(C)OC(=O)N1. The Balaban J connectivity index is 2.50. The van der Waals surface area contributed by atoms with Gasteiger partial charge in [0.1, 0.15) is 6.10 Å². The van der Waals surface area contributed by atoms with Gasteiger partial charge in [-0.3, -0.25) is 0 Å². The number of alkyl carbamates (subject to hydrolysis) is 1. The average molecular weight is 141 g/mol. The van der Waals surface area contributed by atoms with Crippen molar-refractivity contribution >= 4 is 6.09 Å². The molecule has 0 spiro atoms. The summed E-state index contributed by atoms with van der Waals surface area (Å²) in [5, 5.41) is 2.62. The molecule has 0 aromatic heterocycles. The second-order valence-corrected chi connectivity index (χ2v) is 2.44. The smallest absolute Gasteiger partial charge is 0.407 e. The van der Waals surface area contributed by atoms with E-state index < -0.39 is 0 Å². The summed E-state index contributed by atoms with van der Waals surface area (Å²) in [4.78, 5) is 10.7. The number of nitrogens with one attached hydrogen (secondary N) is 1. The number of amides is 1. The minimum absolute atomic E-state index is 0.0109. The van der Waals surface area contributed by atoms with E-state index in [1.54, 1.807) is 6.08 Å². The van der Waals surface area contributed by atoms with Crippen molar-refractivity contribution in [2.75, 3.05) is 0 Å². The maximum absolute atomic E-state index is 10.7. The molecule has 1 saturated heterocycles. The van der Waals surface area contributed by atoms with E-state index in [2.05, 4.69) is 11.9 Å². The van der Waals surface area contributed by atoms with Gasteiger partial charge in [0.15, 0.2) is 0 Å². The molecule has 1 aliphatic heterocycles. The Morgan fingerprint density at radius 1 is 1.90 bits per heavy atom. The predicted molar refractivity (Wildman–Crippen MR) is 37.7 cm³/mol. The number of rotatable bonds is 1. The monoisotopic (exact) mass is 141 g/mol. The molecule has 0 radical (unpaired) electrons. The maximum Gasteiger partial charge on any atom is 0.407 e. The van der Waals surface area contributed by atoms with Crippen LogP contribution in [0.2, 0.25) is 0 Å². The largest absolute Gasteiger partial charge is 0.446 e. The van der Waals surface area contributed by atoms with Gasteiger partial charge in [0.25, 0.3) is 0 Å². The minimum atomic E-state index is -0.344. The highest BCUT2D eigenvalue weighted by atomic mass is 16.6. The Morgan fingerprint density at radius 3 is 3.10 bits per heavy atom. The van der Waals surface area contributed by atoms with Gasteiger partial charge in [-0.25, -0.2) is 4.79 Å². The molecule has 3 heteroatoms. The van der Waals surface area contributed by atoms with Gasteiger partial charge in [-0.1, -0.05) is 6.08 Å². The van der Waals surface area contributed by atoms with Crippen LogP contribution >= 0.6 is 0 Å². The topological polar surface area (TPSA) is 38.3 Å². The third-order valence-electron chi connectivity index (χ3n) is 1.48. The van der Waals surface area contributed by atoms with Crippen LogP contribution < -0.4 is 5.32 Å². The summed E-state index contributed by atoms with van der Waals surface area (Å²) >= 11 is 0. The summed E-state index contributed by atoms with van der Waals surface area (Å²) in [6, 6.07) is 0.0799. The van der Waals surface area contributed by atoms with Gasteiger partial charge in [0.05, 0.1) is 6.04 Å². The number of hydrogen-bond donors (Lipinski definition) is 1. The quantitative estimate of drug-likeness (QED) is 0.554. The first-order valence-corrected chi connectivity index (χ1v) is 3.32. The fourth-order valence-electron chi connectivity index (χ4n) is 0.988. The summed E-state index contributed by atoms with van der Waals surface area (Å²) in [6.07, 6.45) is 2.20. The van der Waals surface area contributed by atoms with Crippen molar-refractivity contribution in [3.8, 4) is 0 Å². The molecule has 0 aliphatic carbocycles. The molecule has 3 nitrogen and oxygen atoms in total. The Kier molecular flexibility index (Phi) is 1.94. The number of carbonyl (C=O) groups excluding carboxylic acids is 1. The lowest BCUT2D eigenvalue weighted by Crippen LogP contribution is -2.43. The van der Waals surface area contributed by atoms with Crippen LogP contribution in [0.1, 0.15) is 13.3 Å². The van der Waals surface area contributed by atoms with Crippen molar-refractivity contribution in [1.82, 2.24) is 5.32 Å². The van der Waals surface area contributed by atoms with Crippen molar-refractivity contribution in [3.05, 3.63) is 12.7 Å². The molecule has 1 amide bonds. The van der Waals surface area contributed by atoms with E-state index in [1.165, 1.54) is 0 Å². The normalized spacial score (nSPS) is 32.3. The number of ether oxygens (including phenoxy) is 1. The zero-order valence-electron chi connectivity index (χ0n) is 5.96. The minimum Gasteiger partial charge on any atom is -0.446 e. The third kappa shape index (κ3) is 1.50. The summed E-state index contributed by atoms with van der Waals surface area (Å²) in [6.45, 7) is 5.45. The van der Waals surface area contributed by atoms with Crippen molar-refractivity contribution in [2.45, 2.75) is 25.5 Å². The molecule has 0 aromatic carbocycles. The molecule has 0 aromatic rings. The van der Waals surface area contributed by atoms with E-state index in [0.29, 0.717) is 0 Å². The fraction of sp³-hybridized carbons (Fsp3) is 0.571. The molecule has 0 saturated carbocycles. The molecule has 1 fully saturated rings. The van der Waals surface area contributed by atoms with Crippen LogP contribution in [0.25, 0.3) is 0 Å². The van der Waals surface area contributed by atoms with Crippen molar-refractivity contribution < 1.29 is 9.53 Å². The van der Waals surface area contributed by atoms with E-state index in [0.717, 1.165) is 6.42 Å². The van der Waals surface area contributed by atoms with Crippen molar-refractivity contribution in [2.24, 2.45) is 0 Å². The molecule has 10 heavy (non-hydrogen) atoms. The molecule has 1 aliphatic rings. The lowest BCUT2D eigenvalue weighted by atomic mass is 10.1.